The maximum Gasteiger partial charge on any atom is 0.406 e. The van der Waals surface area contributed by atoms with Gasteiger partial charge in [0.2, 0.25) is 0 Å². The van der Waals surface area contributed by atoms with Crippen LogP contribution in [-0.4, -0.2) is 34.8 Å². The molecular weight excluding hydrogens is 283 g/mol. The third kappa shape index (κ3) is 4.35. The Hall–Kier alpha value is -1.35. The molecule has 0 spiro atoms. The zero-order valence-electron chi connectivity index (χ0n) is 10.3. The lowest BCUT2D eigenvalue weighted by atomic mass is 10.2. The Kier molecular flexibility index (Phi) is 4.75. The van der Waals surface area contributed by atoms with Crippen LogP contribution in [0.4, 0.5) is 18.3 Å². The van der Waals surface area contributed by atoms with Gasteiger partial charge in [-0.25, -0.2) is 4.98 Å². The van der Waals surface area contributed by atoms with Crippen molar-refractivity contribution in [2.45, 2.75) is 32.1 Å². The Morgan fingerprint density at radius 3 is 2.58 bits per heavy atom. The van der Waals surface area contributed by atoms with Gasteiger partial charge < -0.3 is 15.7 Å². The summed E-state index contributed by atoms with van der Waals surface area (Å²) >= 11 is 0.944. The molecule has 0 aliphatic carbocycles. The maximum absolute atomic E-state index is 12.5. The van der Waals surface area contributed by atoms with Gasteiger partial charge in [0, 0.05) is 11.4 Å². The number of hydrogen-bond donors (Lipinski definition) is 2. The summed E-state index contributed by atoms with van der Waals surface area (Å²) in [5.41, 5.74) is 5.41. The zero-order valence-corrected chi connectivity index (χ0v) is 11.1. The highest BCUT2D eigenvalue weighted by molar-refractivity contribution is 7.13. The Morgan fingerprint density at radius 2 is 2.16 bits per heavy atom. The first-order chi connectivity index (χ1) is 8.61. The minimum atomic E-state index is -4.36. The molecule has 0 saturated carbocycles. The topological polar surface area (TPSA) is 79.5 Å². The van der Waals surface area contributed by atoms with Crippen molar-refractivity contribution in [2.75, 3.05) is 11.4 Å². The fourth-order valence-electron chi connectivity index (χ4n) is 1.34. The van der Waals surface area contributed by atoms with Crippen LogP contribution in [0.2, 0.25) is 0 Å². The summed E-state index contributed by atoms with van der Waals surface area (Å²) in [6.45, 7) is 2.06. The van der Waals surface area contributed by atoms with Crippen molar-refractivity contribution in [1.29, 1.82) is 0 Å². The molecule has 0 amide bonds. The molecule has 0 radical (unpaired) electrons. The number of anilines is 1. The van der Waals surface area contributed by atoms with E-state index in [1.165, 1.54) is 5.38 Å². The molecule has 0 fully saturated rings. The summed E-state index contributed by atoms with van der Waals surface area (Å²) in [5, 5.41) is 10.2. The molecule has 1 atom stereocenters. The summed E-state index contributed by atoms with van der Waals surface area (Å²) in [7, 11) is 0. The quantitative estimate of drug-likeness (QED) is 0.869. The number of hydrogen-bond acceptors (Lipinski definition) is 5. The standard InChI is InChI=1S/C10H14F3N3O2S/c1-5(2)16(4-10(11,12)13)9-15-6(3-19-9)7(14)8(17)18/h3,5,7H,4,14H2,1-2H3,(H,17,18). The van der Waals surface area contributed by atoms with Gasteiger partial charge in [-0.15, -0.1) is 11.3 Å². The highest BCUT2D eigenvalue weighted by Crippen LogP contribution is 2.28. The predicted molar refractivity (Wildman–Crippen MR) is 65.2 cm³/mol. The number of halogens is 3. The van der Waals surface area contributed by atoms with Crippen LogP contribution in [0.5, 0.6) is 0 Å². The fourth-order valence-corrected chi connectivity index (χ4v) is 2.34. The fraction of sp³-hybridized carbons (Fsp3) is 0.600. The highest BCUT2D eigenvalue weighted by atomic mass is 32.1. The van der Waals surface area contributed by atoms with Gasteiger partial charge in [-0.05, 0) is 13.8 Å². The number of carboxylic acid groups (broad SMARTS) is 1. The molecule has 0 aromatic carbocycles. The lowest BCUT2D eigenvalue weighted by molar-refractivity contribution is -0.138. The van der Waals surface area contributed by atoms with Crippen LogP contribution < -0.4 is 10.6 Å². The molecule has 3 N–H and O–H groups in total. The van der Waals surface area contributed by atoms with Crippen molar-refractivity contribution in [3.63, 3.8) is 0 Å². The van der Waals surface area contributed by atoms with Crippen molar-refractivity contribution >= 4 is 22.4 Å². The number of carbonyl (C=O) groups is 1. The number of nitrogens with zero attached hydrogens (tertiary/aromatic N) is 2. The van der Waals surface area contributed by atoms with Gasteiger partial charge in [0.1, 0.15) is 12.6 Å². The molecule has 9 heteroatoms. The van der Waals surface area contributed by atoms with E-state index >= 15 is 0 Å². The van der Waals surface area contributed by atoms with Crippen LogP contribution in [-0.2, 0) is 4.79 Å². The molecular formula is C10H14F3N3O2S. The Morgan fingerprint density at radius 1 is 1.58 bits per heavy atom. The van der Waals surface area contributed by atoms with Crippen LogP contribution in [0.1, 0.15) is 25.6 Å². The van der Waals surface area contributed by atoms with Crippen LogP contribution >= 0.6 is 11.3 Å². The van der Waals surface area contributed by atoms with E-state index in [-0.39, 0.29) is 10.8 Å². The van der Waals surface area contributed by atoms with Crippen LogP contribution in [0.25, 0.3) is 0 Å². The molecule has 1 rings (SSSR count). The number of nitrogens with two attached hydrogens (primary N) is 1. The normalized spacial score (nSPS) is 13.6. The van der Waals surface area contributed by atoms with Gasteiger partial charge in [0.15, 0.2) is 5.13 Å². The SMILES string of the molecule is CC(C)N(CC(F)(F)F)c1nc(C(N)C(=O)O)cs1. The molecule has 108 valence electrons. The second kappa shape index (κ2) is 5.74. The molecule has 1 aromatic rings. The van der Waals surface area contributed by atoms with Crippen molar-refractivity contribution in [3.05, 3.63) is 11.1 Å². The van der Waals surface area contributed by atoms with Gasteiger partial charge >= 0.3 is 12.1 Å². The molecule has 0 aliphatic heterocycles. The molecule has 0 aliphatic rings. The summed E-state index contributed by atoms with van der Waals surface area (Å²) in [6, 6.07) is -1.74. The first-order valence-corrected chi connectivity index (χ1v) is 6.27. The van der Waals surface area contributed by atoms with Crippen molar-refractivity contribution < 1.29 is 23.1 Å². The number of aromatic nitrogens is 1. The lowest BCUT2D eigenvalue weighted by Gasteiger charge is -2.27. The molecule has 0 saturated heterocycles. The number of rotatable bonds is 5. The van der Waals surface area contributed by atoms with E-state index in [1.54, 1.807) is 13.8 Å². The van der Waals surface area contributed by atoms with Gasteiger partial charge in [0.05, 0.1) is 5.69 Å². The van der Waals surface area contributed by atoms with Gasteiger partial charge in [-0.3, -0.25) is 4.79 Å². The van der Waals surface area contributed by atoms with E-state index in [0.717, 1.165) is 16.2 Å². The maximum atomic E-state index is 12.5. The zero-order chi connectivity index (χ0) is 14.8. The monoisotopic (exact) mass is 297 g/mol. The predicted octanol–water partition coefficient (Wildman–Crippen LogP) is 2.00. The minimum absolute atomic E-state index is 0.0559. The first kappa shape index (κ1) is 15.7. The lowest BCUT2D eigenvalue weighted by Crippen LogP contribution is -2.39. The van der Waals surface area contributed by atoms with Crippen LogP contribution in [0.15, 0.2) is 5.38 Å². The van der Waals surface area contributed by atoms with E-state index in [2.05, 4.69) is 4.98 Å². The largest absolute Gasteiger partial charge is 0.480 e. The Bertz CT molecular complexity index is 447. The molecule has 5 nitrogen and oxygen atoms in total. The third-order valence-electron chi connectivity index (χ3n) is 2.31. The second-order valence-corrected chi connectivity index (χ2v) is 5.04. The first-order valence-electron chi connectivity index (χ1n) is 5.39. The number of thiazole rings is 1. The molecule has 0 bridgehead atoms. The third-order valence-corrected chi connectivity index (χ3v) is 3.21. The summed E-state index contributed by atoms with van der Waals surface area (Å²) in [6.07, 6.45) is -4.36. The highest BCUT2D eigenvalue weighted by Gasteiger charge is 2.33. The Balaban J connectivity index is 2.96. The van der Waals surface area contributed by atoms with E-state index in [1.807, 2.05) is 0 Å². The average molecular weight is 297 g/mol. The van der Waals surface area contributed by atoms with E-state index in [0.29, 0.717) is 0 Å². The number of alkyl halides is 3. The average Bonchev–Trinajstić information content (AvgIpc) is 2.72. The molecule has 1 aromatic heterocycles. The minimum Gasteiger partial charge on any atom is -0.480 e. The molecule has 19 heavy (non-hydrogen) atoms. The van der Waals surface area contributed by atoms with E-state index in [9.17, 15) is 18.0 Å². The van der Waals surface area contributed by atoms with Crippen LogP contribution in [0, 0.1) is 0 Å². The van der Waals surface area contributed by atoms with Crippen molar-refractivity contribution in [2.24, 2.45) is 5.73 Å². The van der Waals surface area contributed by atoms with Gasteiger partial charge in [-0.2, -0.15) is 13.2 Å². The van der Waals surface area contributed by atoms with Crippen molar-refractivity contribution in [1.82, 2.24) is 4.98 Å². The molecule has 1 unspecified atom stereocenters. The number of carboxylic acids is 1. The summed E-state index contributed by atoms with van der Waals surface area (Å²) < 4.78 is 37.4. The van der Waals surface area contributed by atoms with Gasteiger partial charge in [-0.1, -0.05) is 0 Å². The van der Waals surface area contributed by atoms with E-state index < -0.39 is 30.8 Å². The smallest absolute Gasteiger partial charge is 0.406 e. The second-order valence-electron chi connectivity index (χ2n) is 4.21. The number of aliphatic carboxylic acids is 1. The van der Waals surface area contributed by atoms with E-state index in [4.69, 9.17) is 10.8 Å². The Labute approximate surface area is 111 Å². The van der Waals surface area contributed by atoms with Crippen molar-refractivity contribution in [3.8, 4) is 0 Å². The van der Waals surface area contributed by atoms with Crippen LogP contribution in [0.3, 0.4) is 0 Å². The molecule has 1 heterocycles. The summed E-state index contributed by atoms with van der Waals surface area (Å²) in [5.74, 6) is -1.27. The summed E-state index contributed by atoms with van der Waals surface area (Å²) in [4.78, 5) is 15.6. The van der Waals surface area contributed by atoms with Gasteiger partial charge in [0.25, 0.3) is 0 Å².